The van der Waals surface area contributed by atoms with Crippen LogP contribution >= 0.6 is 0 Å². The van der Waals surface area contributed by atoms with Crippen molar-refractivity contribution in [3.05, 3.63) is 0 Å². The molecule has 2 unspecified atom stereocenters. The molecule has 3 heteroatoms. The predicted molar refractivity (Wildman–Crippen MR) is 71.9 cm³/mol. The minimum absolute atomic E-state index is 0.0886. The fourth-order valence-electron chi connectivity index (χ4n) is 2.65. The Kier molecular flexibility index (Phi) is 5.96. The summed E-state index contributed by atoms with van der Waals surface area (Å²) in [6.07, 6.45) is 6.71. The van der Waals surface area contributed by atoms with Crippen LogP contribution in [-0.2, 0) is 4.79 Å². The van der Waals surface area contributed by atoms with Crippen LogP contribution in [0.3, 0.4) is 0 Å². The number of rotatable bonds is 5. The standard InChI is InChI=1S/C14H28N2O/c1-10(2)15-14(17)12(4)16-11(3)13-8-6-5-7-9-13/h10-13,16H,5-9H2,1-4H3,(H,15,17). The van der Waals surface area contributed by atoms with Crippen molar-refractivity contribution in [2.24, 2.45) is 5.92 Å². The van der Waals surface area contributed by atoms with Gasteiger partial charge in [0.05, 0.1) is 6.04 Å². The third kappa shape index (κ3) is 5.07. The normalized spacial score (nSPS) is 21.2. The zero-order valence-corrected chi connectivity index (χ0v) is 11.8. The molecule has 0 aliphatic heterocycles. The highest BCUT2D eigenvalue weighted by Gasteiger charge is 2.23. The lowest BCUT2D eigenvalue weighted by molar-refractivity contribution is -0.123. The second kappa shape index (κ2) is 7.00. The van der Waals surface area contributed by atoms with Crippen molar-refractivity contribution in [1.82, 2.24) is 10.6 Å². The predicted octanol–water partition coefficient (Wildman–Crippen LogP) is 2.46. The number of amides is 1. The van der Waals surface area contributed by atoms with E-state index in [9.17, 15) is 4.79 Å². The first-order chi connectivity index (χ1) is 8.00. The van der Waals surface area contributed by atoms with Gasteiger partial charge in [0.1, 0.15) is 0 Å². The fraction of sp³-hybridized carbons (Fsp3) is 0.929. The smallest absolute Gasteiger partial charge is 0.237 e. The summed E-state index contributed by atoms with van der Waals surface area (Å²) in [5, 5.41) is 6.39. The zero-order valence-electron chi connectivity index (χ0n) is 11.8. The van der Waals surface area contributed by atoms with Crippen LogP contribution in [0.1, 0.15) is 59.8 Å². The van der Waals surface area contributed by atoms with Gasteiger partial charge >= 0.3 is 0 Å². The molecule has 0 aromatic rings. The molecule has 0 heterocycles. The van der Waals surface area contributed by atoms with Crippen molar-refractivity contribution in [3.8, 4) is 0 Å². The highest BCUT2D eigenvalue weighted by atomic mass is 16.2. The first-order valence-corrected chi connectivity index (χ1v) is 7.07. The van der Waals surface area contributed by atoms with Crippen molar-refractivity contribution in [2.45, 2.75) is 77.9 Å². The summed E-state index contributed by atoms with van der Waals surface area (Å²) in [6.45, 7) is 8.16. The van der Waals surface area contributed by atoms with E-state index in [2.05, 4.69) is 17.6 Å². The van der Waals surface area contributed by atoms with Gasteiger partial charge in [0, 0.05) is 12.1 Å². The molecule has 2 N–H and O–H groups in total. The number of hydrogen-bond acceptors (Lipinski definition) is 2. The minimum Gasteiger partial charge on any atom is -0.353 e. The second-order valence-corrected chi connectivity index (χ2v) is 5.74. The first-order valence-electron chi connectivity index (χ1n) is 7.07. The lowest BCUT2D eigenvalue weighted by atomic mass is 9.84. The minimum atomic E-state index is -0.0886. The van der Waals surface area contributed by atoms with Crippen molar-refractivity contribution in [1.29, 1.82) is 0 Å². The Labute approximate surface area is 106 Å². The number of carbonyl (C=O) groups is 1. The van der Waals surface area contributed by atoms with Gasteiger partial charge in [0.15, 0.2) is 0 Å². The molecule has 1 fully saturated rings. The molecule has 0 aromatic carbocycles. The van der Waals surface area contributed by atoms with Crippen LogP contribution in [0.4, 0.5) is 0 Å². The molecule has 1 rings (SSSR count). The van der Waals surface area contributed by atoms with Crippen LogP contribution in [0.5, 0.6) is 0 Å². The summed E-state index contributed by atoms with van der Waals surface area (Å²) in [5.41, 5.74) is 0. The Morgan fingerprint density at radius 1 is 1.06 bits per heavy atom. The molecule has 1 saturated carbocycles. The van der Waals surface area contributed by atoms with Crippen LogP contribution < -0.4 is 10.6 Å². The number of nitrogens with one attached hydrogen (secondary N) is 2. The van der Waals surface area contributed by atoms with E-state index in [1.165, 1.54) is 32.1 Å². The monoisotopic (exact) mass is 240 g/mol. The zero-order chi connectivity index (χ0) is 12.8. The van der Waals surface area contributed by atoms with Gasteiger partial charge in [-0.15, -0.1) is 0 Å². The second-order valence-electron chi connectivity index (χ2n) is 5.74. The van der Waals surface area contributed by atoms with E-state index in [-0.39, 0.29) is 18.0 Å². The average molecular weight is 240 g/mol. The SMILES string of the molecule is CC(C)NC(=O)C(C)NC(C)C1CCCCC1. The van der Waals surface area contributed by atoms with Crippen molar-refractivity contribution in [2.75, 3.05) is 0 Å². The fourth-order valence-corrected chi connectivity index (χ4v) is 2.65. The van der Waals surface area contributed by atoms with E-state index in [4.69, 9.17) is 0 Å². The maximum atomic E-state index is 11.8. The van der Waals surface area contributed by atoms with E-state index < -0.39 is 0 Å². The summed E-state index contributed by atoms with van der Waals surface area (Å²) in [7, 11) is 0. The van der Waals surface area contributed by atoms with Crippen LogP contribution in [0, 0.1) is 5.92 Å². The van der Waals surface area contributed by atoms with E-state index >= 15 is 0 Å². The summed E-state index contributed by atoms with van der Waals surface area (Å²) in [4.78, 5) is 11.8. The van der Waals surface area contributed by atoms with Gasteiger partial charge in [0.25, 0.3) is 0 Å². The highest BCUT2D eigenvalue weighted by molar-refractivity contribution is 5.81. The van der Waals surface area contributed by atoms with E-state index in [1.807, 2.05) is 20.8 Å². The summed E-state index contributed by atoms with van der Waals surface area (Å²) >= 11 is 0. The van der Waals surface area contributed by atoms with Crippen LogP contribution in [0.15, 0.2) is 0 Å². The Morgan fingerprint density at radius 2 is 1.65 bits per heavy atom. The molecule has 0 spiro atoms. The Bertz CT molecular complexity index is 234. The summed E-state index contributed by atoms with van der Waals surface area (Å²) in [5.74, 6) is 0.862. The molecule has 1 amide bonds. The van der Waals surface area contributed by atoms with Crippen molar-refractivity contribution < 1.29 is 4.79 Å². The molecule has 0 aromatic heterocycles. The number of hydrogen-bond donors (Lipinski definition) is 2. The average Bonchev–Trinajstić information content (AvgIpc) is 2.29. The van der Waals surface area contributed by atoms with Crippen molar-refractivity contribution >= 4 is 5.91 Å². The number of carbonyl (C=O) groups excluding carboxylic acids is 1. The first kappa shape index (κ1) is 14.5. The van der Waals surface area contributed by atoms with Gasteiger partial charge in [-0.2, -0.15) is 0 Å². The topological polar surface area (TPSA) is 41.1 Å². The molecule has 100 valence electrons. The van der Waals surface area contributed by atoms with Crippen LogP contribution in [0.2, 0.25) is 0 Å². The van der Waals surface area contributed by atoms with Gasteiger partial charge in [0.2, 0.25) is 5.91 Å². The van der Waals surface area contributed by atoms with E-state index in [0.29, 0.717) is 6.04 Å². The van der Waals surface area contributed by atoms with Crippen LogP contribution in [-0.4, -0.2) is 24.0 Å². The summed E-state index contributed by atoms with van der Waals surface area (Å²) in [6, 6.07) is 0.578. The van der Waals surface area contributed by atoms with Gasteiger partial charge in [-0.1, -0.05) is 19.3 Å². The Morgan fingerprint density at radius 3 is 2.18 bits per heavy atom. The maximum absolute atomic E-state index is 11.8. The molecule has 2 atom stereocenters. The van der Waals surface area contributed by atoms with E-state index in [0.717, 1.165) is 5.92 Å². The Hall–Kier alpha value is -0.570. The van der Waals surface area contributed by atoms with Gasteiger partial charge in [-0.3, -0.25) is 4.79 Å². The molecule has 1 aliphatic rings. The van der Waals surface area contributed by atoms with Crippen molar-refractivity contribution in [3.63, 3.8) is 0 Å². The largest absolute Gasteiger partial charge is 0.353 e. The summed E-state index contributed by atoms with van der Waals surface area (Å²) < 4.78 is 0. The molecule has 17 heavy (non-hydrogen) atoms. The quantitative estimate of drug-likeness (QED) is 0.775. The molecule has 3 nitrogen and oxygen atoms in total. The van der Waals surface area contributed by atoms with Crippen LogP contribution in [0.25, 0.3) is 0 Å². The highest BCUT2D eigenvalue weighted by Crippen LogP contribution is 2.26. The van der Waals surface area contributed by atoms with E-state index in [1.54, 1.807) is 0 Å². The molecular formula is C14H28N2O. The molecule has 0 saturated heterocycles. The Balaban J connectivity index is 2.33. The molecule has 0 bridgehead atoms. The van der Waals surface area contributed by atoms with Gasteiger partial charge < -0.3 is 10.6 Å². The maximum Gasteiger partial charge on any atom is 0.237 e. The lowest BCUT2D eigenvalue weighted by Crippen LogP contribution is -2.49. The molecular weight excluding hydrogens is 212 g/mol. The lowest BCUT2D eigenvalue weighted by Gasteiger charge is -2.30. The third-order valence-corrected chi connectivity index (χ3v) is 3.69. The molecule has 1 aliphatic carbocycles. The van der Waals surface area contributed by atoms with Gasteiger partial charge in [-0.25, -0.2) is 0 Å². The third-order valence-electron chi connectivity index (χ3n) is 3.69. The van der Waals surface area contributed by atoms with Gasteiger partial charge in [-0.05, 0) is 46.5 Å². The molecule has 0 radical (unpaired) electrons.